The molecule has 0 bridgehead atoms. The van der Waals surface area contributed by atoms with Crippen molar-refractivity contribution in [3.8, 4) is 5.75 Å². The summed E-state index contributed by atoms with van der Waals surface area (Å²) in [5, 5.41) is 10.4. The van der Waals surface area contributed by atoms with Crippen molar-refractivity contribution >= 4 is 0 Å². The van der Waals surface area contributed by atoms with Crippen molar-refractivity contribution in [2.75, 3.05) is 0 Å². The largest absolute Gasteiger partial charge is 0.337 e. The van der Waals surface area contributed by atoms with Gasteiger partial charge in [0.25, 0.3) is 0 Å². The molecule has 1 heterocycles. The van der Waals surface area contributed by atoms with E-state index in [1.54, 1.807) is 12.1 Å². The molecule has 0 N–H and O–H groups in total. The van der Waals surface area contributed by atoms with Crippen molar-refractivity contribution in [1.82, 2.24) is 0 Å². The van der Waals surface area contributed by atoms with Crippen LogP contribution in [0.4, 0.5) is 0 Å². The molecule has 0 amide bonds. The van der Waals surface area contributed by atoms with Crippen LogP contribution in [-0.4, -0.2) is 0 Å². The fourth-order valence-electron chi connectivity index (χ4n) is 1.04. The average molecular weight is 151 g/mol. The Kier molecular flexibility index (Phi) is 1.52. The Bertz CT molecular complexity index is 270. The minimum Gasteiger partial charge on any atom is -0.337 e. The van der Waals surface area contributed by atoms with Gasteiger partial charge in [0.05, 0.1) is 0 Å². The average Bonchev–Trinajstić information content (AvgIpc) is 2.50. The van der Waals surface area contributed by atoms with E-state index in [2.05, 4.69) is 0 Å². The molecule has 0 spiro atoms. The highest BCUT2D eigenvalue weighted by Crippen LogP contribution is 2.26. The lowest BCUT2D eigenvalue weighted by Crippen LogP contribution is -1.84. The maximum absolute atomic E-state index is 10.4. The van der Waals surface area contributed by atoms with E-state index in [1.807, 2.05) is 6.07 Å². The van der Waals surface area contributed by atoms with Crippen molar-refractivity contribution in [3.63, 3.8) is 0 Å². The van der Waals surface area contributed by atoms with E-state index < -0.39 is 0 Å². The summed E-state index contributed by atoms with van der Waals surface area (Å²) in [5.41, 5.74) is 1.73. The van der Waals surface area contributed by atoms with Crippen LogP contribution < -0.4 is 4.89 Å². The first-order valence-electron chi connectivity index (χ1n) is 3.39. The summed E-state index contributed by atoms with van der Waals surface area (Å²) in [5.74, 6) is 0.679. The molecular formula is C8H7O3. The Labute approximate surface area is 64.1 Å². The molecule has 0 saturated carbocycles. The molecule has 3 nitrogen and oxygen atoms in total. The van der Waals surface area contributed by atoms with Crippen molar-refractivity contribution in [1.29, 1.82) is 0 Å². The normalized spacial score (nSPS) is 14.3. The second-order valence-corrected chi connectivity index (χ2v) is 2.43. The van der Waals surface area contributed by atoms with Gasteiger partial charge < -0.3 is 4.89 Å². The number of rotatable bonds is 1. The fraction of sp³-hybridized carbons (Fsp3) is 0.250. The minimum atomic E-state index is -0.212. The molecule has 57 valence electrons. The summed E-state index contributed by atoms with van der Waals surface area (Å²) in [7, 11) is 0. The molecule has 2 rings (SSSR count). The summed E-state index contributed by atoms with van der Waals surface area (Å²) in [6.45, 7) is 0.269. The summed E-state index contributed by atoms with van der Waals surface area (Å²) in [6.07, 6.45) is 0. The zero-order chi connectivity index (χ0) is 7.68. The van der Waals surface area contributed by atoms with Gasteiger partial charge in [-0.15, -0.1) is 0 Å². The van der Waals surface area contributed by atoms with E-state index in [0.717, 1.165) is 11.1 Å². The summed E-state index contributed by atoms with van der Waals surface area (Å²) < 4.78 is 0. The first-order valence-corrected chi connectivity index (χ1v) is 3.39. The van der Waals surface area contributed by atoms with Crippen molar-refractivity contribution < 1.29 is 14.9 Å². The fourth-order valence-corrected chi connectivity index (χ4v) is 1.04. The van der Waals surface area contributed by atoms with Crippen LogP contribution in [0.5, 0.6) is 5.75 Å². The molecule has 3 heteroatoms. The molecule has 0 aliphatic carbocycles. The van der Waals surface area contributed by atoms with E-state index in [0.29, 0.717) is 12.4 Å². The van der Waals surface area contributed by atoms with Crippen LogP contribution >= 0.6 is 0 Å². The van der Waals surface area contributed by atoms with Gasteiger partial charge in [0.2, 0.25) is 0 Å². The van der Waals surface area contributed by atoms with Gasteiger partial charge in [0.1, 0.15) is 13.2 Å². The summed E-state index contributed by atoms with van der Waals surface area (Å²) >= 11 is 0. The monoisotopic (exact) mass is 151 g/mol. The third kappa shape index (κ3) is 1.08. The highest BCUT2D eigenvalue weighted by Gasteiger charge is 2.13. The van der Waals surface area contributed by atoms with Gasteiger partial charge in [0, 0.05) is 5.56 Å². The molecule has 11 heavy (non-hydrogen) atoms. The molecule has 1 aliphatic rings. The Morgan fingerprint density at radius 1 is 1.45 bits per heavy atom. The molecule has 0 fully saturated rings. The highest BCUT2D eigenvalue weighted by molar-refractivity contribution is 5.37. The van der Waals surface area contributed by atoms with Crippen LogP contribution in [0.15, 0.2) is 18.2 Å². The van der Waals surface area contributed by atoms with Gasteiger partial charge in [-0.05, 0) is 11.6 Å². The van der Waals surface area contributed by atoms with Crippen LogP contribution in [0.1, 0.15) is 11.1 Å². The predicted octanol–water partition coefficient (Wildman–Crippen LogP) is 1.44. The maximum atomic E-state index is 10.4. The Hall–Kier alpha value is -1.06. The SMILES string of the molecule is [O]Cc1ccc2c(c1)OOC2. The predicted molar refractivity (Wildman–Crippen MR) is 36.2 cm³/mol. The zero-order valence-corrected chi connectivity index (χ0v) is 5.87. The van der Waals surface area contributed by atoms with Gasteiger partial charge in [-0.25, -0.2) is 5.11 Å². The lowest BCUT2D eigenvalue weighted by atomic mass is 10.1. The van der Waals surface area contributed by atoms with Gasteiger partial charge in [-0.1, -0.05) is 12.1 Å². The molecule has 1 aromatic carbocycles. The van der Waals surface area contributed by atoms with Crippen LogP contribution in [0, 0.1) is 0 Å². The quantitative estimate of drug-likeness (QED) is 0.569. The second kappa shape index (κ2) is 2.53. The van der Waals surface area contributed by atoms with Gasteiger partial charge in [0.15, 0.2) is 5.75 Å². The number of hydrogen-bond acceptors (Lipinski definition) is 2. The van der Waals surface area contributed by atoms with E-state index in [-0.39, 0.29) is 6.61 Å². The molecule has 0 unspecified atom stereocenters. The molecule has 0 atom stereocenters. The smallest absolute Gasteiger partial charge is 0.171 e. The third-order valence-corrected chi connectivity index (χ3v) is 1.66. The molecule has 0 saturated heterocycles. The minimum absolute atomic E-state index is 0.212. The Balaban J connectivity index is 2.41. The first-order chi connectivity index (χ1) is 5.40. The lowest BCUT2D eigenvalue weighted by Gasteiger charge is -1.96. The topological polar surface area (TPSA) is 38.4 Å². The summed E-state index contributed by atoms with van der Waals surface area (Å²) in [6, 6.07) is 5.37. The molecular weight excluding hydrogens is 144 g/mol. The molecule has 1 aliphatic heterocycles. The van der Waals surface area contributed by atoms with Gasteiger partial charge in [-0.3, -0.25) is 0 Å². The van der Waals surface area contributed by atoms with Crippen LogP contribution in [0.25, 0.3) is 0 Å². The van der Waals surface area contributed by atoms with Crippen LogP contribution in [-0.2, 0) is 23.2 Å². The van der Waals surface area contributed by atoms with Crippen molar-refractivity contribution in [2.45, 2.75) is 13.2 Å². The van der Waals surface area contributed by atoms with E-state index in [1.165, 1.54) is 0 Å². The first kappa shape index (κ1) is 6.64. The maximum Gasteiger partial charge on any atom is 0.171 e. The number of benzene rings is 1. The van der Waals surface area contributed by atoms with E-state index in [4.69, 9.17) is 9.78 Å². The van der Waals surface area contributed by atoms with Crippen molar-refractivity contribution in [3.05, 3.63) is 29.3 Å². The zero-order valence-electron chi connectivity index (χ0n) is 5.87. The van der Waals surface area contributed by atoms with Gasteiger partial charge in [-0.2, -0.15) is 4.89 Å². The second-order valence-electron chi connectivity index (χ2n) is 2.43. The molecule has 1 radical (unpaired) electrons. The van der Waals surface area contributed by atoms with E-state index in [9.17, 15) is 5.11 Å². The lowest BCUT2D eigenvalue weighted by molar-refractivity contribution is -0.194. The third-order valence-electron chi connectivity index (χ3n) is 1.66. The molecule has 1 aromatic rings. The van der Waals surface area contributed by atoms with Crippen molar-refractivity contribution in [2.24, 2.45) is 0 Å². The molecule has 0 aromatic heterocycles. The standard InChI is InChI=1S/C8H7O3/c9-4-6-1-2-7-5-10-11-8(7)3-6/h1-3H,4-5H2. The van der Waals surface area contributed by atoms with Crippen LogP contribution in [0.3, 0.4) is 0 Å². The Morgan fingerprint density at radius 3 is 3.18 bits per heavy atom. The highest BCUT2D eigenvalue weighted by atomic mass is 17.2. The van der Waals surface area contributed by atoms with Crippen LogP contribution in [0.2, 0.25) is 0 Å². The van der Waals surface area contributed by atoms with E-state index >= 15 is 0 Å². The number of fused-ring (bicyclic) bond motifs is 1. The number of hydrogen-bond donors (Lipinski definition) is 0. The Morgan fingerprint density at radius 2 is 2.36 bits per heavy atom. The van der Waals surface area contributed by atoms with Gasteiger partial charge >= 0.3 is 0 Å². The summed E-state index contributed by atoms with van der Waals surface area (Å²) in [4.78, 5) is 9.51.